The van der Waals surface area contributed by atoms with E-state index in [1.54, 1.807) is 24.5 Å². The number of aromatic nitrogens is 3. The van der Waals surface area contributed by atoms with E-state index in [4.69, 9.17) is 35.5 Å². The molecule has 2 aliphatic rings. The van der Waals surface area contributed by atoms with Gasteiger partial charge in [-0.05, 0) is 42.8 Å². The first-order chi connectivity index (χ1) is 20.5. The fraction of sp³-hybridized carbons (Fsp3) is 0.323. The minimum absolute atomic E-state index is 0.136. The molecule has 2 saturated heterocycles. The van der Waals surface area contributed by atoms with Crippen LogP contribution < -0.4 is 9.64 Å². The van der Waals surface area contributed by atoms with Crippen LogP contribution in [0.3, 0.4) is 0 Å². The lowest BCUT2D eigenvalue weighted by atomic mass is 10.1. The second-order valence-electron chi connectivity index (χ2n) is 10.7. The summed E-state index contributed by atoms with van der Waals surface area (Å²) in [7, 11) is 0. The molecule has 0 aliphatic carbocycles. The van der Waals surface area contributed by atoms with Crippen molar-refractivity contribution in [3.05, 3.63) is 82.8 Å². The standard InChI is InChI=1S/C31H30ClN5O5/c32-24-6-4-21(30-23(24)9-15-41-30)19-42-29-3-1-2-27(34-29)36-12-10-35(11-13-36)18-28-33-25-7-5-20(31(38)39)16-26(25)37(28)17-22-8-14-40-22/h1-7,9,15-16,22H,8,10-14,17-19H2,(H,38,39). The molecule has 3 aromatic heterocycles. The number of piperazine rings is 1. The number of furan rings is 1. The summed E-state index contributed by atoms with van der Waals surface area (Å²) in [6.07, 6.45) is 2.77. The van der Waals surface area contributed by atoms with Gasteiger partial charge in [0.25, 0.3) is 0 Å². The predicted octanol–water partition coefficient (Wildman–Crippen LogP) is 5.22. The van der Waals surface area contributed by atoms with E-state index in [1.807, 2.05) is 36.4 Å². The van der Waals surface area contributed by atoms with Crippen LogP contribution >= 0.6 is 11.6 Å². The van der Waals surface area contributed by atoms with Crippen molar-refractivity contribution in [2.45, 2.75) is 32.2 Å². The van der Waals surface area contributed by atoms with Crippen molar-refractivity contribution in [3.8, 4) is 5.88 Å². The summed E-state index contributed by atoms with van der Waals surface area (Å²) in [5, 5.41) is 11.0. The number of pyridine rings is 1. The van der Waals surface area contributed by atoms with Crippen molar-refractivity contribution in [1.82, 2.24) is 19.4 Å². The maximum Gasteiger partial charge on any atom is 0.335 e. The van der Waals surface area contributed by atoms with Crippen LogP contribution in [0.25, 0.3) is 22.0 Å². The van der Waals surface area contributed by atoms with Crippen molar-refractivity contribution in [2.24, 2.45) is 0 Å². The lowest BCUT2D eigenvalue weighted by molar-refractivity contribution is -0.0592. The fourth-order valence-electron chi connectivity index (χ4n) is 5.61. The molecule has 0 radical (unpaired) electrons. The molecule has 7 rings (SSSR count). The van der Waals surface area contributed by atoms with Gasteiger partial charge in [0, 0.05) is 49.8 Å². The van der Waals surface area contributed by atoms with Crippen molar-refractivity contribution in [1.29, 1.82) is 0 Å². The topological polar surface area (TPSA) is 106 Å². The number of fused-ring (bicyclic) bond motifs is 2. The van der Waals surface area contributed by atoms with Gasteiger partial charge in [0.1, 0.15) is 23.8 Å². The van der Waals surface area contributed by atoms with E-state index in [2.05, 4.69) is 14.4 Å². The zero-order valence-electron chi connectivity index (χ0n) is 22.9. The highest BCUT2D eigenvalue weighted by Crippen LogP contribution is 2.29. The van der Waals surface area contributed by atoms with Gasteiger partial charge in [0.15, 0.2) is 0 Å². The first kappa shape index (κ1) is 26.8. The highest BCUT2D eigenvalue weighted by Gasteiger charge is 2.25. The summed E-state index contributed by atoms with van der Waals surface area (Å²) in [5.74, 6) is 1.42. The van der Waals surface area contributed by atoms with Gasteiger partial charge in [-0.25, -0.2) is 9.78 Å². The Morgan fingerprint density at radius 1 is 1.07 bits per heavy atom. The second-order valence-corrected chi connectivity index (χ2v) is 11.1. The molecule has 5 heterocycles. The van der Waals surface area contributed by atoms with Crippen molar-refractivity contribution in [2.75, 3.05) is 37.7 Å². The van der Waals surface area contributed by atoms with Crippen LogP contribution in [0.1, 0.15) is 28.2 Å². The number of anilines is 1. The molecule has 42 heavy (non-hydrogen) atoms. The largest absolute Gasteiger partial charge is 0.478 e. The van der Waals surface area contributed by atoms with Crippen LogP contribution in [0.15, 0.2) is 65.3 Å². The molecule has 0 spiro atoms. The number of ether oxygens (including phenoxy) is 2. The molecular weight excluding hydrogens is 558 g/mol. The highest BCUT2D eigenvalue weighted by molar-refractivity contribution is 6.35. The lowest BCUT2D eigenvalue weighted by Crippen LogP contribution is -2.46. The predicted molar refractivity (Wildman–Crippen MR) is 158 cm³/mol. The third-order valence-corrected chi connectivity index (χ3v) is 8.37. The maximum atomic E-state index is 11.6. The van der Waals surface area contributed by atoms with Crippen molar-refractivity contribution < 1.29 is 23.8 Å². The molecule has 2 fully saturated rings. The molecule has 0 saturated carbocycles. The summed E-state index contributed by atoms with van der Waals surface area (Å²) in [4.78, 5) is 25.9. The van der Waals surface area contributed by atoms with Gasteiger partial charge in [-0.1, -0.05) is 23.7 Å². The summed E-state index contributed by atoms with van der Waals surface area (Å²) >= 11 is 6.27. The van der Waals surface area contributed by atoms with Crippen LogP contribution in [-0.4, -0.2) is 69.4 Å². The van der Waals surface area contributed by atoms with Gasteiger partial charge in [0.05, 0.1) is 47.1 Å². The summed E-state index contributed by atoms with van der Waals surface area (Å²) in [6, 6.07) is 16.6. The Morgan fingerprint density at radius 2 is 1.93 bits per heavy atom. The number of carbonyl (C=O) groups is 1. The lowest BCUT2D eigenvalue weighted by Gasteiger charge is -2.35. The third-order valence-electron chi connectivity index (χ3n) is 8.04. The number of carboxylic acid groups (broad SMARTS) is 1. The Kier molecular flexibility index (Phi) is 7.19. The number of nitrogens with zero attached hydrogens (tertiary/aromatic N) is 5. The average molecular weight is 588 g/mol. The first-order valence-corrected chi connectivity index (χ1v) is 14.5. The molecule has 1 unspecified atom stereocenters. The van der Waals surface area contributed by atoms with Crippen LogP contribution in [-0.2, 0) is 24.4 Å². The Morgan fingerprint density at radius 3 is 2.71 bits per heavy atom. The third kappa shape index (κ3) is 5.29. The molecule has 0 amide bonds. The quantitative estimate of drug-likeness (QED) is 0.248. The molecule has 1 N–H and O–H groups in total. The van der Waals surface area contributed by atoms with Crippen molar-refractivity contribution in [3.63, 3.8) is 0 Å². The first-order valence-electron chi connectivity index (χ1n) is 14.1. The molecule has 1 atom stereocenters. The molecule has 0 bridgehead atoms. The molecule has 11 heteroatoms. The minimum atomic E-state index is -0.940. The summed E-state index contributed by atoms with van der Waals surface area (Å²) in [5.41, 5.74) is 3.55. The van der Waals surface area contributed by atoms with Gasteiger partial charge < -0.3 is 28.5 Å². The number of aromatic carboxylic acids is 1. The van der Waals surface area contributed by atoms with E-state index in [-0.39, 0.29) is 11.7 Å². The van der Waals surface area contributed by atoms with E-state index in [0.29, 0.717) is 30.6 Å². The number of benzene rings is 2. The molecular formula is C31H30ClN5O5. The van der Waals surface area contributed by atoms with Crippen LogP contribution in [0.5, 0.6) is 5.88 Å². The number of hydrogen-bond acceptors (Lipinski definition) is 8. The van der Waals surface area contributed by atoms with E-state index in [1.165, 1.54) is 0 Å². The molecule has 2 aromatic carbocycles. The SMILES string of the molecule is O=C(O)c1ccc2nc(CN3CCN(c4cccc(OCc5ccc(Cl)c6ccoc56)n4)CC3)n(CC3CCO3)c2c1. The van der Waals surface area contributed by atoms with Gasteiger partial charge in [-0.2, -0.15) is 4.98 Å². The monoisotopic (exact) mass is 587 g/mol. The number of hydrogen-bond donors (Lipinski definition) is 1. The summed E-state index contributed by atoms with van der Waals surface area (Å²) in [6.45, 7) is 5.76. The average Bonchev–Trinajstić information content (AvgIpc) is 3.61. The van der Waals surface area contributed by atoms with Gasteiger partial charge in [-0.15, -0.1) is 0 Å². The zero-order valence-corrected chi connectivity index (χ0v) is 23.7. The Bertz CT molecular complexity index is 1760. The minimum Gasteiger partial charge on any atom is -0.478 e. The van der Waals surface area contributed by atoms with E-state index < -0.39 is 5.97 Å². The zero-order chi connectivity index (χ0) is 28.6. The fourth-order valence-corrected chi connectivity index (χ4v) is 5.82. The molecule has 10 nitrogen and oxygen atoms in total. The van der Waals surface area contributed by atoms with Crippen LogP contribution in [0.2, 0.25) is 5.02 Å². The Balaban J connectivity index is 1.01. The van der Waals surface area contributed by atoms with E-state index >= 15 is 0 Å². The highest BCUT2D eigenvalue weighted by atomic mass is 35.5. The van der Waals surface area contributed by atoms with Gasteiger partial charge in [0.2, 0.25) is 5.88 Å². The molecule has 2 aliphatic heterocycles. The maximum absolute atomic E-state index is 11.6. The summed E-state index contributed by atoms with van der Waals surface area (Å²) < 4.78 is 19.5. The van der Waals surface area contributed by atoms with Crippen molar-refractivity contribution >= 4 is 45.4 Å². The van der Waals surface area contributed by atoms with Gasteiger partial charge >= 0.3 is 5.97 Å². The molecule has 216 valence electrons. The Labute approximate surface area is 247 Å². The number of carboxylic acids is 1. The smallest absolute Gasteiger partial charge is 0.335 e. The van der Waals surface area contributed by atoms with E-state index in [9.17, 15) is 9.90 Å². The van der Waals surface area contributed by atoms with Crippen LogP contribution in [0.4, 0.5) is 5.82 Å². The second kappa shape index (κ2) is 11.3. The molecule has 5 aromatic rings. The number of rotatable bonds is 9. The Hall–Kier alpha value is -4.12. The normalized spacial score (nSPS) is 17.5. The van der Waals surface area contributed by atoms with Gasteiger partial charge in [-0.3, -0.25) is 4.90 Å². The number of halogens is 1. The number of imidazole rings is 1. The van der Waals surface area contributed by atoms with Crippen LogP contribution in [0, 0.1) is 0 Å². The van der Waals surface area contributed by atoms with E-state index in [0.717, 1.165) is 78.4 Å².